The van der Waals surface area contributed by atoms with E-state index in [0.29, 0.717) is 39.3 Å². The monoisotopic (exact) mass is 390 g/mol. The van der Waals surface area contributed by atoms with Crippen LogP contribution in [0.1, 0.15) is 13.3 Å². The molecule has 0 radical (unpaired) electrons. The van der Waals surface area contributed by atoms with Crippen LogP contribution in [0.3, 0.4) is 0 Å². The highest BCUT2D eigenvalue weighted by Crippen LogP contribution is 2.25. The van der Waals surface area contributed by atoms with Crippen LogP contribution in [0.15, 0.2) is 24.3 Å². The molecular weight excluding hydrogens is 364 g/mol. The van der Waals surface area contributed by atoms with E-state index in [2.05, 4.69) is 4.90 Å². The molecule has 0 saturated carbocycles. The Hall–Kier alpha value is -2.68. The molecule has 0 bridgehead atoms. The van der Waals surface area contributed by atoms with Gasteiger partial charge in [0.1, 0.15) is 0 Å². The van der Waals surface area contributed by atoms with E-state index in [-0.39, 0.29) is 35.9 Å². The summed E-state index contributed by atoms with van der Waals surface area (Å²) in [4.78, 5) is 41.1. The van der Waals surface area contributed by atoms with Crippen LogP contribution < -0.4 is 4.90 Å². The van der Waals surface area contributed by atoms with E-state index < -0.39 is 4.92 Å². The van der Waals surface area contributed by atoms with Gasteiger partial charge in [-0.3, -0.25) is 19.7 Å². The van der Waals surface area contributed by atoms with Crippen LogP contribution in [0, 0.1) is 16.0 Å². The largest absolute Gasteiger partial charge is 0.383 e. The summed E-state index contributed by atoms with van der Waals surface area (Å²) in [7, 11) is 1.60. The van der Waals surface area contributed by atoms with Crippen molar-refractivity contribution in [2.75, 3.05) is 51.3 Å². The predicted molar refractivity (Wildman–Crippen MR) is 103 cm³/mol. The second-order valence-electron chi connectivity index (χ2n) is 7.34. The number of carbonyl (C=O) groups excluding carboxylic acids is 2. The van der Waals surface area contributed by atoms with E-state index in [1.807, 2.05) is 11.8 Å². The zero-order valence-electron chi connectivity index (χ0n) is 16.2. The molecule has 152 valence electrons. The van der Waals surface area contributed by atoms with Gasteiger partial charge < -0.3 is 19.4 Å². The third-order valence-electron chi connectivity index (χ3n) is 5.46. The van der Waals surface area contributed by atoms with Crippen molar-refractivity contribution in [3.8, 4) is 0 Å². The molecule has 0 spiro atoms. The zero-order chi connectivity index (χ0) is 20.3. The average molecular weight is 390 g/mol. The quantitative estimate of drug-likeness (QED) is 0.534. The van der Waals surface area contributed by atoms with Crippen molar-refractivity contribution in [2.24, 2.45) is 5.92 Å². The molecule has 2 aliphatic rings. The molecule has 3 rings (SSSR count). The maximum Gasteiger partial charge on any atom is 0.269 e. The fraction of sp³-hybridized carbons (Fsp3) is 0.579. The highest BCUT2D eigenvalue weighted by atomic mass is 16.6. The number of anilines is 1. The second kappa shape index (κ2) is 8.55. The van der Waals surface area contributed by atoms with Gasteiger partial charge in [0.15, 0.2) is 0 Å². The lowest BCUT2D eigenvalue weighted by Gasteiger charge is -2.37. The molecule has 1 aromatic carbocycles. The Labute approximate surface area is 164 Å². The van der Waals surface area contributed by atoms with E-state index in [1.165, 1.54) is 12.1 Å². The van der Waals surface area contributed by atoms with Crippen molar-refractivity contribution >= 4 is 23.2 Å². The molecule has 0 aliphatic carbocycles. The van der Waals surface area contributed by atoms with E-state index >= 15 is 0 Å². The fourth-order valence-corrected chi connectivity index (χ4v) is 3.88. The molecule has 9 heteroatoms. The van der Waals surface area contributed by atoms with Crippen LogP contribution in [-0.4, -0.2) is 79.0 Å². The Bertz CT molecular complexity index is 730. The smallest absolute Gasteiger partial charge is 0.269 e. The van der Waals surface area contributed by atoms with Gasteiger partial charge in [0.05, 0.1) is 23.5 Å². The Morgan fingerprint density at radius 1 is 1.25 bits per heavy atom. The van der Waals surface area contributed by atoms with Crippen molar-refractivity contribution < 1.29 is 19.2 Å². The van der Waals surface area contributed by atoms with Gasteiger partial charge in [0, 0.05) is 64.1 Å². The molecule has 2 heterocycles. The second-order valence-corrected chi connectivity index (χ2v) is 7.34. The number of rotatable bonds is 6. The summed E-state index contributed by atoms with van der Waals surface area (Å²) in [6, 6.07) is 6.43. The normalized spacial score (nSPS) is 21.1. The summed E-state index contributed by atoms with van der Waals surface area (Å²) >= 11 is 0. The van der Waals surface area contributed by atoms with E-state index in [9.17, 15) is 19.7 Å². The first-order valence-electron chi connectivity index (χ1n) is 9.47. The van der Waals surface area contributed by atoms with Crippen molar-refractivity contribution in [1.29, 1.82) is 0 Å². The minimum Gasteiger partial charge on any atom is -0.383 e. The highest BCUT2D eigenvalue weighted by Gasteiger charge is 2.39. The third kappa shape index (κ3) is 4.24. The topological polar surface area (TPSA) is 96.2 Å². The van der Waals surface area contributed by atoms with Crippen LogP contribution in [0.2, 0.25) is 0 Å². The van der Waals surface area contributed by atoms with Crippen molar-refractivity contribution in [1.82, 2.24) is 9.80 Å². The minimum atomic E-state index is -0.417. The first-order valence-corrected chi connectivity index (χ1v) is 9.47. The van der Waals surface area contributed by atoms with E-state index in [4.69, 9.17) is 4.74 Å². The molecule has 0 unspecified atom stereocenters. The number of hydrogen-bond donors (Lipinski definition) is 0. The van der Waals surface area contributed by atoms with Gasteiger partial charge in [0.25, 0.3) is 5.69 Å². The summed E-state index contributed by atoms with van der Waals surface area (Å²) in [6.45, 7) is 5.31. The number of nitro groups is 1. The van der Waals surface area contributed by atoms with E-state index in [0.717, 1.165) is 5.69 Å². The van der Waals surface area contributed by atoms with Crippen molar-refractivity contribution in [3.05, 3.63) is 34.4 Å². The van der Waals surface area contributed by atoms with Crippen LogP contribution in [-0.2, 0) is 14.3 Å². The molecule has 2 saturated heterocycles. The lowest BCUT2D eigenvalue weighted by Crippen LogP contribution is -2.50. The fourth-order valence-electron chi connectivity index (χ4n) is 3.88. The van der Waals surface area contributed by atoms with Crippen LogP contribution >= 0.6 is 0 Å². The summed E-state index contributed by atoms with van der Waals surface area (Å²) in [6.07, 6.45) is 0.259. The number of ether oxygens (including phenoxy) is 1. The molecule has 2 amide bonds. The number of carbonyl (C=O) groups is 2. The van der Waals surface area contributed by atoms with Gasteiger partial charge in [-0.25, -0.2) is 0 Å². The Balaban J connectivity index is 1.54. The van der Waals surface area contributed by atoms with Gasteiger partial charge in [-0.2, -0.15) is 0 Å². The van der Waals surface area contributed by atoms with Gasteiger partial charge in [-0.05, 0) is 19.1 Å². The molecule has 2 fully saturated rings. The number of hydrogen-bond acceptors (Lipinski definition) is 6. The highest BCUT2D eigenvalue weighted by molar-refractivity contribution is 5.89. The SMILES string of the molecule is COC[C@H](C)N1C[C@H](C(=O)N2CCN(c3ccc([N+](=O)[O-])cc3)CC2)CC1=O. The molecular formula is C19H26N4O5. The molecule has 2 aliphatic heterocycles. The maximum absolute atomic E-state index is 12.9. The molecule has 9 nitrogen and oxygen atoms in total. The minimum absolute atomic E-state index is 0.00687. The number of benzene rings is 1. The third-order valence-corrected chi connectivity index (χ3v) is 5.46. The lowest BCUT2D eigenvalue weighted by molar-refractivity contribution is -0.384. The molecule has 0 aromatic heterocycles. The van der Waals surface area contributed by atoms with E-state index in [1.54, 1.807) is 24.1 Å². The number of piperazine rings is 1. The maximum atomic E-state index is 12.9. The van der Waals surface area contributed by atoms with Gasteiger partial charge >= 0.3 is 0 Å². The van der Waals surface area contributed by atoms with Gasteiger partial charge in [-0.1, -0.05) is 0 Å². The number of non-ortho nitro benzene ring substituents is 1. The number of likely N-dealkylation sites (tertiary alicyclic amines) is 1. The van der Waals surface area contributed by atoms with Crippen LogP contribution in [0.25, 0.3) is 0 Å². The van der Waals surface area contributed by atoms with Gasteiger partial charge in [0.2, 0.25) is 11.8 Å². The average Bonchev–Trinajstić information content (AvgIpc) is 3.09. The number of methoxy groups -OCH3 is 1. The zero-order valence-corrected chi connectivity index (χ0v) is 16.2. The first kappa shape index (κ1) is 20.1. The summed E-state index contributed by atoms with van der Waals surface area (Å²) in [5.41, 5.74) is 0.976. The van der Waals surface area contributed by atoms with Crippen molar-refractivity contribution in [3.63, 3.8) is 0 Å². The standard InChI is InChI=1S/C19H26N4O5/c1-14(13-28-2)22-12-15(11-18(22)24)19(25)21-9-7-20(8-10-21)16-3-5-17(6-4-16)23(26)27/h3-6,14-15H,7-13H2,1-2H3/t14-,15+/m0/s1. The predicted octanol–water partition coefficient (Wildman–Crippen LogP) is 1.13. The molecule has 2 atom stereocenters. The first-order chi connectivity index (χ1) is 13.4. The van der Waals surface area contributed by atoms with Crippen molar-refractivity contribution in [2.45, 2.75) is 19.4 Å². The number of nitro benzene ring substituents is 1. The summed E-state index contributed by atoms with van der Waals surface area (Å²) in [5, 5.41) is 10.8. The molecule has 28 heavy (non-hydrogen) atoms. The molecule has 1 aromatic rings. The number of amides is 2. The van der Waals surface area contributed by atoms with Crippen LogP contribution in [0.4, 0.5) is 11.4 Å². The Kier molecular flexibility index (Phi) is 6.13. The Morgan fingerprint density at radius 2 is 1.89 bits per heavy atom. The Morgan fingerprint density at radius 3 is 2.46 bits per heavy atom. The lowest BCUT2D eigenvalue weighted by atomic mass is 10.1. The van der Waals surface area contributed by atoms with Gasteiger partial charge in [-0.15, -0.1) is 0 Å². The molecule has 0 N–H and O–H groups in total. The summed E-state index contributed by atoms with van der Waals surface area (Å²) in [5.74, 6) is -0.256. The number of nitrogens with zero attached hydrogens (tertiary/aromatic N) is 4. The summed E-state index contributed by atoms with van der Waals surface area (Å²) < 4.78 is 5.12. The van der Waals surface area contributed by atoms with Crippen LogP contribution in [0.5, 0.6) is 0 Å².